The second-order valence-electron chi connectivity index (χ2n) is 8.42. The van der Waals surface area contributed by atoms with Gasteiger partial charge >= 0.3 is 0 Å². The highest BCUT2D eigenvalue weighted by Gasteiger charge is 2.71. The van der Waals surface area contributed by atoms with E-state index in [2.05, 4.69) is 6.07 Å². The minimum atomic E-state index is -2.49. The molecule has 1 saturated heterocycles. The van der Waals surface area contributed by atoms with Gasteiger partial charge in [0.1, 0.15) is 18.5 Å². The van der Waals surface area contributed by atoms with Crippen molar-refractivity contribution in [3.8, 4) is 16.9 Å². The van der Waals surface area contributed by atoms with Crippen LogP contribution in [-0.2, 0) is 0 Å². The standard InChI is InChI=1S/C24H24F2N2O2/c25-24(26)22-12-28(13-23(22)24)11-20(29)14-30-21-7-6-17-8-16(4-5-18(17)10-21)15-2-1-3-19(27)9-15/h1-10,20,22-23,29H,11-14,27H2. The lowest BCUT2D eigenvalue weighted by Crippen LogP contribution is -2.37. The first-order chi connectivity index (χ1) is 14.4. The molecule has 1 heterocycles. The number of hydrogen-bond donors (Lipinski definition) is 2. The van der Waals surface area contributed by atoms with Gasteiger partial charge in [0, 0.05) is 37.2 Å². The molecule has 4 nitrogen and oxygen atoms in total. The summed E-state index contributed by atoms with van der Waals surface area (Å²) in [4.78, 5) is 1.90. The number of fused-ring (bicyclic) bond motifs is 2. The number of halogens is 2. The molecule has 2 aliphatic rings. The van der Waals surface area contributed by atoms with E-state index in [1.807, 2.05) is 59.5 Å². The molecule has 30 heavy (non-hydrogen) atoms. The van der Waals surface area contributed by atoms with Crippen LogP contribution < -0.4 is 10.5 Å². The fourth-order valence-corrected chi connectivity index (χ4v) is 4.49. The number of rotatable bonds is 6. The van der Waals surface area contributed by atoms with Crippen LogP contribution in [0.1, 0.15) is 0 Å². The Kier molecular flexibility index (Phi) is 4.64. The van der Waals surface area contributed by atoms with Crippen molar-refractivity contribution in [3.63, 3.8) is 0 Å². The van der Waals surface area contributed by atoms with Gasteiger partial charge in [-0.2, -0.15) is 0 Å². The second kappa shape index (κ2) is 7.22. The molecule has 3 atom stereocenters. The van der Waals surface area contributed by atoms with Gasteiger partial charge in [0.2, 0.25) is 0 Å². The third-order valence-electron chi connectivity index (χ3n) is 6.22. The number of β-amino-alcohol motifs (C(OH)–C–C–N with tert-alkyl or cyclic N) is 1. The zero-order valence-electron chi connectivity index (χ0n) is 16.5. The lowest BCUT2D eigenvalue weighted by molar-refractivity contribution is 0.0302. The van der Waals surface area contributed by atoms with Crippen LogP contribution >= 0.6 is 0 Å². The Morgan fingerprint density at radius 2 is 1.70 bits per heavy atom. The second-order valence-corrected chi connectivity index (χ2v) is 8.42. The first-order valence-corrected chi connectivity index (χ1v) is 10.2. The highest BCUT2D eigenvalue weighted by Crippen LogP contribution is 2.59. The number of aliphatic hydroxyl groups is 1. The zero-order chi connectivity index (χ0) is 20.9. The number of anilines is 1. The molecule has 0 radical (unpaired) electrons. The van der Waals surface area contributed by atoms with E-state index in [-0.39, 0.29) is 6.61 Å². The third-order valence-corrected chi connectivity index (χ3v) is 6.22. The average Bonchev–Trinajstić information content (AvgIpc) is 3.05. The summed E-state index contributed by atoms with van der Waals surface area (Å²) < 4.78 is 32.3. The maximum Gasteiger partial charge on any atom is 0.257 e. The van der Waals surface area contributed by atoms with Crippen LogP contribution in [0, 0.1) is 11.8 Å². The summed E-state index contributed by atoms with van der Waals surface area (Å²) in [7, 11) is 0. The molecular weight excluding hydrogens is 386 g/mol. The van der Waals surface area contributed by atoms with Gasteiger partial charge < -0.3 is 15.6 Å². The van der Waals surface area contributed by atoms with Crippen LogP contribution in [0.15, 0.2) is 60.7 Å². The molecule has 1 saturated carbocycles. The van der Waals surface area contributed by atoms with E-state index in [9.17, 15) is 13.9 Å². The molecule has 0 spiro atoms. The van der Waals surface area contributed by atoms with Crippen molar-refractivity contribution in [1.82, 2.24) is 4.90 Å². The van der Waals surface area contributed by atoms with Gasteiger partial charge in [-0.05, 0) is 52.2 Å². The van der Waals surface area contributed by atoms with Gasteiger partial charge in [0.15, 0.2) is 0 Å². The van der Waals surface area contributed by atoms with E-state index in [0.717, 1.165) is 27.6 Å². The Labute approximate surface area is 173 Å². The van der Waals surface area contributed by atoms with Crippen LogP contribution in [-0.4, -0.2) is 48.3 Å². The molecule has 156 valence electrons. The largest absolute Gasteiger partial charge is 0.491 e. The first kappa shape index (κ1) is 19.3. The van der Waals surface area contributed by atoms with Gasteiger partial charge in [-0.1, -0.05) is 30.3 Å². The fraction of sp³-hybridized carbons (Fsp3) is 0.333. The molecule has 6 heteroatoms. The first-order valence-electron chi connectivity index (χ1n) is 10.2. The van der Waals surface area contributed by atoms with Gasteiger partial charge in [-0.3, -0.25) is 4.90 Å². The molecule has 3 unspecified atom stereocenters. The molecule has 0 bridgehead atoms. The topological polar surface area (TPSA) is 58.7 Å². The number of nitrogen functional groups attached to an aromatic ring is 1. The minimum Gasteiger partial charge on any atom is -0.491 e. The van der Waals surface area contributed by atoms with Crippen LogP contribution in [0.3, 0.4) is 0 Å². The number of alkyl halides is 2. The summed E-state index contributed by atoms with van der Waals surface area (Å²) in [5, 5.41) is 12.4. The summed E-state index contributed by atoms with van der Waals surface area (Å²) in [5.41, 5.74) is 8.77. The Bertz CT molecular complexity index is 1070. The van der Waals surface area contributed by atoms with Crippen LogP contribution in [0.2, 0.25) is 0 Å². The van der Waals surface area contributed by atoms with E-state index >= 15 is 0 Å². The summed E-state index contributed by atoms with van der Waals surface area (Å²) in [5.74, 6) is -2.86. The van der Waals surface area contributed by atoms with E-state index < -0.39 is 23.9 Å². The van der Waals surface area contributed by atoms with Gasteiger partial charge in [0.05, 0.1) is 0 Å². The SMILES string of the molecule is Nc1cccc(-c2ccc3cc(OCC(O)CN4CC5C(C4)C5(F)F)ccc3c2)c1. The molecule has 2 fully saturated rings. The Balaban J connectivity index is 1.20. The normalized spacial score (nSPS) is 23.3. The third kappa shape index (κ3) is 3.61. The van der Waals surface area contributed by atoms with Crippen molar-refractivity contribution < 1.29 is 18.6 Å². The van der Waals surface area contributed by atoms with Crippen molar-refractivity contribution >= 4 is 16.5 Å². The van der Waals surface area contributed by atoms with E-state index in [4.69, 9.17) is 10.5 Å². The number of nitrogens with two attached hydrogens (primary N) is 1. The van der Waals surface area contributed by atoms with Gasteiger partial charge in [0.25, 0.3) is 5.92 Å². The van der Waals surface area contributed by atoms with E-state index in [0.29, 0.717) is 25.4 Å². The van der Waals surface area contributed by atoms with Gasteiger partial charge in [-0.25, -0.2) is 8.78 Å². The lowest BCUT2D eigenvalue weighted by Gasteiger charge is -2.22. The fourth-order valence-electron chi connectivity index (χ4n) is 4.49. The van der Waals surface area contributed by atoms with E-state index in [1.165, 1.54) is 0 Å². The highest BCUT2D eigenvalue weighted by molar-refractivity contribution is 5.88. The van der Waals surface area contributed by atoms with Crippen molar-refractivity contribution in [2.45, 2.75) is 12.0 Å². The summed E-state index contributed by atoms with van der Waals surface area (Å²) in [6, 6.07) is 19.8. The highest BCUT2D eigenvalue weighted by atomic mass is 19.3. The predicted molar refractivity (Wildman–Crippen MR) is 114 cm³/mol. The number of nitrogens with zero attached hydrogens (tertiary/aromatic N) is 1. The summed E-state index contributed by atoms with van der Waals surface area (Å²) >= 11 is 0. The van der Waals surface area contributed by atoms with Crippen molar-refractivity contribution in [2.24, 2.45) is 11.8 Å². The van der Waals surface area contributed by atoms with Gasteiger partial charge in [-0.15, -0.1) is 0 Å². The molecule has 3 aromatic rings. The number of piperidine rings is 1. The maximum atomic E-state index is 13.3. The van der Waals surface area contributed by atoms with Crippen molar-refractivity contribution in [3.05, 3.63) is 60.7 Å². The Morgan fingerprint density at radius 3 is 2.47 bits per heavy atom. The average molecular weight is 410 g/mol. The maximum absolute atomic E-state index is 13.3. The molecular formula is C24H24F2N2O2. The molecule has 0 aromatic heterocycles. The summed E-state index contributed by atoms with van der Waals surface area (Å²) in [6.07, 6.45) is -0.710. The molecule has 3 aromatic carbocycles. The number of ether oxygens (including phenoxy) is 1. The van der Waals surface area contributed by atoms with Crippen molar-refractivity contribution in [2.75, 3.05) is 32.0 Å². The number of hydrogen-bond acceptors (Lipinski definition) is 4. The Hall–Kier alpha value is -2.70. The molecule has 1 aliphatic carbocycles. The molecule has 5 rings (SSSR count). The number of aliphatic hydroxyl groups excluding tert-OH is 1. The quantitative estimate of drug-likeness (QED) is 0.603. The lowest BCUT2D eigenvalue weighted by atomic mass is 10.0. The minimum absolute atomic E-state index is 0.134. The van der Waals surface area contributed by atoms with Crippen molar-refractivity contribution in [1.29, 1.82) is 0 Å². The molecule has 1 aliphatic heterocycles. The number of likely N-dealkylation sites (tertiary alicyclic amines) is 1. The monoisotopic (exact) mass is 410 g/mol. The predicted octanol–water partition coefficient (Wildman–Crippen LogP) is 4.03. The number of benzene rings is 3. The Morgan fingerprint density at radius 1 is 1.00 bits per heavy atom. The van der Waals surface area contributed by atoms with Crippen LogP contribution in [0.4, 0.5) is 14.5 Å². The van der Waals surface area contributed by atoms with Crippen LogP contribution in [0.25, 0.3) is 21.9 Å². The molecule has 3 N–H and O–H groups in total. The smallest absolute Gasteiger partial charge is 0.257 e. The van der Waals surface area contributed by atoms with E-state index in [1.54, 1.807) is 0 Å². The zero-order valence-corrected chi connectivity index (χ0v) is 16.5. The summed E-state index contributed by atoms with van der Waals surface area (Å²) in [6.45, 7) is 1.22. The van der Waals surface area contributed by atoms with Crippen LogP contribution in [0.5, 0.6) is 5.75 Å². The molecule has 0 amide bonds.